The van der Waals surface area contributed by atoms with Crippen molar-refractivity contribution in [1.82, 2.24) is 0 Å². The van der Waals surface area contributed by atoms with E-state index in [9.17, 15) is 4.79 Å². The van der Waals surface area contributed by atoms with Gasteiger partial charge in [0.1, 0.15) is 0 Å². The number of phenolic OH excluding ortho intramolecular Hbond substituents is 3. The van der Waals surface area contributed by atoms with Crippen molar-refractivity contribution in [3.05, 3.63) is 17.7 Å². The minimum Gasteiger partial charge on any atom is -0.504 e. The Morgan fingerprint density at radius 3 is 2.21 bits per heavy atom. The molecule has 0 aliphatic heterocycles. The maximum absolute atomic E-state index is 11.1. The molecule has 0 bridgehead atoms. The number of isothiocyanates is 1. The Bertz CT molecular complexity index is 414. The molecule has 0 heterocycles. The number of aliphatic imine (C=N–C) groups is 1. The maximum atomic E-state index is 11.1. The van der Waals surface area contributed by atoms with Gasteiger partial charge in [0.2, 0.25) is 0 Å². The first kappa shape index (κ1) is 10.2. The molecule has 0 aliphatic carbocycles. The largest absolute Gasteiger partial charge is 0.504 e. The van der Waals surface area contributed by atoms with E-state index in [0.717, 1.165) is 12.1 Å². The molecule has 0 radical (unpaired) electrons. The van der Waals surface area contributed by atoms with Gasteiger partial charge in [0, 0.05) is 0 Å². The van der Waals surface area contributed by atoms with E-state index in [2.05, 4.69) is 17.2 Å². The lowest BCUT2D eigenvalue weighted by Gasteiger charge is -2.01. The third-order valence-electron chi connectivity index (χ3n) is 1.46. The molecule has 1 aromatic carbocycles. The predicted molar refractivity (Wildman–Crippen MR) is 50.8 cm³/mol. The zero-order valence-electron chi connectivity index (χ0n) is 6.76. The Morgan fingerprint density at radius 2 is 1.79 bits per heavy atom. The summed E-state index contributed by atoms with van der Waals surface area (Å²) >= 11 is 4.21. The average Bonchev–Trinajstić information content (AvgIpc) is 2.13. The molecular formula is C8H5NO4S. The molecule has 0 unspecified atom stereocenters. The van der Waals surface area contributed by atoms with Crippen LogP contribution in [0.1, 0.15) is 10.4 Å². The van der Waals surface area contributed by atoms with Crippen LogP contribution in [0.5, 0.6) is 17.2 Å². The van der Waals surface area contributed by atoms with Crippen LogP contribution >= 0.6 is 12.2 Å². The highest BCUT2D eigenvalue weighted by molar-refractivity contribution is 7.78. The first-order chi connectivity index (χ1) is 6.56. The van der Waals surface area contributed by atoms with Gasteiger partial charge in [-0.25, -0.2) is 0 Å². The third-order valence-corrected chi connectivity index (χ3v) is 1.56. The van der Waals surface area contributed by atoms with E-state index < -0.39 is 23.2 Å². The second-order valence-electron chi connectivity index (χ2n) is 2.37. The number of benzene rings is 1. The number of hydrogen-bond donors (Lipinski definition) is 3. The summed E-state index contributed by atoms with van der Waals surface area (Å²) in [6, 6.07) is 1.93. The Hall–Kier alpha value is -1.91. The average molecular weight is 211 g/mol. The van der Waals surface area contributed by atoms with E-state index in [1.165, 1.54) is 0 Å². The van der Waals surface area contributed by atoms with Crippen LogP contribution in [-0.4, -0.2) is 26.4 Å². The quantitative estimate of drug-likeness (QED) is 0.367. The summed E-state index contributed by atoms with van der Waals surface area (Å²) in [6.45, 7) is 0. The van der Waals surface area contributed by atoms with Gasteiger partial charge in [-0.15, -0.1) is 0 Å². The number of rotatable bonds is 1. The lowest BCUT2D eigenvalue weighted by Crippen LogP contribution is -1.93. The fourth-order valence-corrected chi connectivity index (χ4v) is 0.917. The van der Waals surface area contributed by atoms with E-state index in [0.29, 0.717) is 0 Å². The highest BCUT2D eigenvalue weighted by Crippen LogP contribution is 2.35. The van der Waals surface area contributed by atoms with Crippen LogP contribution in [-0.2, 0) is 0 Å². The van der Waals surface area contributed by atoms with Crippen LogP contribution in [0.2, 0.25) is 0 Å². The molecule has 1 rings (SSSR count). The zero-order chi connectivity index (χ0) is 10.7. The van der Waals surface area contributed by atoms with Crippen molar-refractivity contribution >= 4 is 23.3 Å². The van der Waals surface area contributed by atoms with Crippen LogP contribution in [0, 0.1) is 0 Å². The molecule has 5 nitrogen and oxygen atoms in total. The van der Waals surface area contributed by atoms with Gasteiger partial charge >= 0.3 is 0 Å². The second-order valence-corrected chi connectivity index (χ2v) is 2.55. The molecule has 0 saturated heterocycles. The molecule has 6 heteroatoms. The maximum Gasteiger partial charge on any atom is 0.286 e. The summed E-state index contributed by atoms with van der Waals surface area (Å²) in [7, 11) is 0. The summed E-state index contributed by atoms with van der Waals surface area (Å²) in [5.41, 5.74) is -0.0878. The van der Waals surface area contributed by atoms with E-state index >= 15 is 0 Å². The number of carbonyl (C=O) groups is 1. The number of phenols is 3. The molecule has 72 valence electrons. The Balaban J connectivity index is 3.25. The minimum absolute atomic E-state index is 0.0878. The normalized spacial score (nSPS) is 9.14. The van der Waals surface area contributed by atoms with Gasteiger partial charge in [0.15, 0.2) is 17.2 Å². The first-order valence-corrected chi connectivity index (χ1v) is 3.84. The lowest BCUT2D eigenvalue weighted by atomic mass is 10.2. The molecule has 0 aromatic heterocycles. The number of aromatic hydroxyl groups is 3. The topological polar surface area (TPSA) is 90.1 Å². The van der Waals surface area contributed by atoms with E-state index in [1.807, 2.05) is 5.16 Å². The number of hydrogen-bond acceptors (Lipinski definition) is 5. The van der Waals surface area contributed by atoms with Crippen molar-refractivity contribution in [2.45, 2.75) is 0 Å². The monoisotopic (exact) mass is 211 g/mol. The van der Waals surface area contributed by atoms with Gasteiger partial charge in [-0.2, -0.15) is 4.99 Å². The minimum atomic E-state index is -0.759. The molecule has 14 heavy (non-hydrogen) atoms. The van der Waals surface area contributed by atoms with Crippen LogP contribution in [0.3, 0.4) is 0 Å². The number of carbonyl (C=O) groups excluding carboxylic acids is 1. The Kier molecular flexibility index (Phi) is 2.81. The van der Waals surface area contributed by atoms with Gasteiger partial charge in [-0.1, -0.05) is 0 Å². The smallest absolute Gasteiger partial charge is 0.286 e. The number of nitrogens with zero attached hydrogens (tertiary/aromatic N) is 1. The van der Waals surface area contributed by atoms with Crippen LogP contribution in [0.25, 0.3) is 0 Å². The van der Waals surface area contributed by atoms with Gasteiger partial charge in [-0.3, -0.25) is 4.79 Å². The van der Waals surface area contributed by atoms with Gasteiger partial charge in [-0.05, 0) is 24.4 Å². The fraction of sp³-hybridized carbons (Fsp3) is 0. The molecule has 1 amide bonds. The molecule has 0 atom stereocenters. The van der Waals surface area contributed by atoms with Crippen molar-refractivity contribution < 1.29 is 20.1 Å². The Labute approximate surface area is 84.0 Å². The Morgan fingerprint density at radius 1 is 1.29 bits per heavy atom. The summed E-state index contributed by atoms with van der Waals surface area (Å²) in [6.07, 6.45) is 0. The predicted octanol–water partition coefficient (Wildman–Crippen LogP) is 1.05. The van der Waals surface area contributed by atoms with Crippen molar-refractivity contribution in [2.24, 2.45) is 4.99 Å². The highest BCUT2D eigenvalue weighted by atomic mass is 32.1. The van der Waals surface area contributed by atoms with Crippen LogP contribution < -0.4 is 0 Å². The van der Waals surface area contributed by atoms with Crippen LogP contribution in [0.4, 0.5) is 0 Å². The molecular weight excluding hydrogens is 206 g/mol. The summed E-state index contributed by atoms with van der Waals surface area (Å²) < 4.78 is 0. The van der Waals surface area contributed by atoms with Gasteiger partial charge in [0.05, 0.1) is 10.7 Å². The molecule has 0 saturated carbocycles. The van der Waals surface area contributed by atoms with Crippen molar-refractivity contribution in [3.8, 4) is 17.2 Å². The third kappa shape index (κ3) is 1.87. The highest BCUT2D eigenvalue weighted by Gasteiger charge is 2.12. The second kappa shape index (κ2) is 3.87. The standard InChI is InChI=1S/C8H5NO4S/c10-5-1-4(8(13)9-3-14)2-6(11)7(5)12/h1-2,10-12H. The van der Waals surface area contributed by atoms with Crippen molar-refractivity contribution in [2.75, 3.05) is 0 Å². The van der Waals surface area contributed by atoms with Crippen LogP contribution in [0.15, 0.2) is 17.1 Å². The molecule has 0 spiro atoms. The van der Waals surface area contributed by atoms with Crippen molar-refractivity contribution in [3.63, 3.8) is 0 Å². The SMILES string of the molecule is O=C(N=C=S)c1cc(O)c(O)c(O)c1. The van der Waals surface area contributed by atoms with Gasteiger partial charge < -0.3 is 15.3 Å². The molecule has 0 aliphatic rings. The molecule has 1 aromatic rings. The summed E-state index contributed by atoms with van der Waals surface area (Å²) in [5.74, 6) is -2.65. The fourth-order valence-electron chi connectivity index (χ4n) is 0.834. The van der Waals surface area contributed by atoms with E-state index in [4.69, 9.17) is 15.3 Å². The lowest BCUT2D eigenvalue weighted by molar-refractivity contribution is 0.100. The summed E-state index contributed by atoms with van der Waals surface area (Å²) in [4.78, 5) is 14.2. The van der Waals surface area contributed by atoms with E-state index in [-0.39, 0.29) is 5.56 Å². The number of thiocarbonyl (C=S) groups is 1. The first-order valence-electron chi connectivity index (χ1n) is 3.43. The van der Waals surface area contributed by atoms with Gasteiger partial charge in [0.25, 0.3) is 5.91 Å². The zero-order valence-corrected chi connectivity index (χ0v) is 7.58. The molecule has 0 fully saturated rings. The summed E-state index contributed by atoms with van der Waals surface area (Å²) in [5, 5.41) is 28.9. The van der Waals surface area contributed by atoms with Crippen molar-refractivity contribution in [1.29, 1.82) is 0 Å². The molecule has 3 N–H and O–H groups in total. The van der Waals surface area contributed by atoms with E-state index in [1.54, 1.807) is 0 Å². The number of amides is 1.